The van der Waals surface area contributed by atoms with Gasteiger partial charge < -0.3 is 5.11 Å². The largest absolute Gasteiger partial charge is 0.480 e. The number of piperidine rings is 1. The smallest absolute Gasteiger partial charge is 0.320 e. The van der Waals surface area contributed by atoms with E-state index in [1.807, 2.05) is 22.8 Å². The molecule has 1 atom stereocenters. The summed E-state index contributed by atoms with van der Waals surface area (Å²) in [4.78, 5) is 12.9. The Kier molecular flexibility index (Phi) is 3.47. The Bertz CT molecular complexity index is 394. The van der Waals surface area contributed by atoms with E-state index in [4.69, 9.17) is 5.11 Å². The van der Waals surface area contributed by atoms with Crippen LogP contribution in [0, 0.1) is 0 Å². The van der Waals surface area contributed by atoms with E-state index in [0.717, 1.165) is 31.6 Å². The van der Waals surface area contributed by atoms with Gasteiger partial charge in [0.15, 0.2) is 0 Å². The van der Waals surface area contributed by atoms with Crippen molar-refractivity contribution in [2.45, 2.75) is 31.7 Å². The van der Waals surface area contributed by atoms with E-state index < -0.39 is 5.97 Å². The first-order chi connectivity index (χ1) is 8.08. The van der Waals surface area contributed by atoms with Crippen LogP contribution in [-0.2, 0) is 11.8 Å². The first kappa shape index (κ1) is 12.1. The summed E-state index contributed by atoms with van der Waals surface area (Å²) in [5, 5.41) is 13.4. The van der Waals surface area contributed by atoms with E-state index in [1.165, 1.54) is 0 Å². The number of nitrogens with zero attached hydrogens (tertiary/aromatic N) is 3. The van der Waals surface area contributed by atoms with Crippen LogP contribution in [0.5, 0.6) is 0 Å². The molecule has 1 unspecified atom stereocenters. The zero-order chi connectivity index (χ0) is 12.4. The fourth-order valence-electron chi connectivity index (χ4n) is 2.39. The van der Waals surface area contributed by atoms with Crippen molar-refractivity contribution in [1.82, 2.24) is 14.7 Å². The molecule has 2 heterocycles. The van der Waals surface area contributed by atoms with Crippen LogP contribution < -0.4 is 0 Å². The second kappa shape index (κ2) is 4.87. The fourth-order valence-corrected chi connectivity index (χ4v) is 2.39. The minimum atomic E-state index is -0.735. The Balaban J connectivity index is 1.92. The molecule has 1 N–H and O–H groups in total. The van der Waals surface area contributed by atoms with E-state index >= 15 is 0 Å². The fraction of sp³-hybridized carbons (Fsp3) is 0.667. The Morgan fingerprint density at radius 2 is 2.18 bits per heavy atom. The van der Waals surface area contributed by atoms with Gasteiger partial charge in [-0.1, -0.05) is 0 Å². The maximum absolute atomic E-state index is 10.9. The molecule has 0 saturated carbocycles. The summed E-state index contributed by atoms with van der Waals surface area (Å²) in [6, 6.07) is 1.68. The topological polar surface area (TPSA) is 58.4 Å². The summed E-state index contributed by atoms with van der Waals surface area (Å²) in [5.41, 5.74) is 1.13. The molecule has 2 rings (SSSR count). The first-order valence-corrected chi connectivity index (χ1v) is 6.04. The maximum Gasteiger partial charge on any atom is 0.320 e. The predicted molar refractivity (Wildman–Crippen MR) is 63.9 cm³/mol. The predicted octanol–water partition coefficient (Wildman–Crippen LogP) is 1.07. The highest BCUT2D eigenvalue weighted by molar-refractivity contribution is 5.72. The molecule has 1 aromatic heterocycles. The summed E-state index contributed by atoms with van der Waals surface area (Å²) in [5.74, 6) is -0.255. The van der Waals surface area contributed by atoms with Gasteiger partial charge in [0.2, 0.25) is 0 Å². The quantitative estimate of drug-likeness (QED) is 0.854. The molecule has 0 aliphatic carbocycles. The average molecular weight is 237 g/mol. The minimum Gasteiger partial charge on any atom is -0.480 e. The second-order valence-corrected chi connectivity index (χ2v) is 4.74. The molecule has 0 radical (unpaired) electrons. The highest BCUT2D eigenvalue weighted by Gasteiger charge is 2.27. The summed E-state index contributed by atoms with van der Waals surface area (Å²) in [6.07, 6.45) is 3.95. The zero-order valence-electron chi connectivity index (χ0n) is 10.3. The van der Waals surface area contributed by atoms with Crippen LogP contribution in [-0.4, -0.2) is 44.9 Å². The number of carboxylic acid groups (broad SMARTS) is 1. The molecule has 0 spiro atoms. The molecule has 5 heteroatoms. The number of rotatable bonds is 3. The molecule has 0 amide bonds. The lowest BCUT2D eigenvalue weighted by molar-refractivity contribution is -0.143. The maximum atomic E-state index is 10.9. The van der Waals surface area contributed by atoms with Crippen molar-refractivity contribution in [1.29, 1.82) is 0 Å². The van der Waals surface area contributed by atoms with Crippen molar-refractivity contribution in [3.63, 3.8) is 0 Å². The molecule has 17 heavy (non-hydrogen) atoms. The molecule has 1 aromatic rings. The molecule has 94 valence electrons. The lowest BCUT2D eigenvalue weighted by atomic mass is 9.93. The number of hydrogen-bond donors (Lipinski definition) is 1. The number of likely N-dealkylation sites (tertiary alicyclic amines) is 1. The highest BCUT2D eigenvalue weighted by Crippen LogP contribution is 2.27. The zero-order valence-corrected chi connectivity index (χ0v) is 10.3. The van der Waals surface area contributed by atoms with E-state index in [9.17, 15) is 4.79 Å². The lowest BCUT2D eigenvalue weighted by Gasteiger charge is -2.33. The Labute approximate surface area is 101 Å². The Hall–Kier alpha value is -1.36. The summed E-state index contributed by atoms with van der Waals surface area (Å²) in [7, 11) is 1.92. The van der Waals surface area contributed by atoms with Gasteiger partial charge in [-0.05, 0) is 38.9 Å². The van der Waals surface area contributed by atoms with Gasteiger partial charge in [0.05, 0.1) is 5.69 Å². The number of aryl methyl sites for hydroxylation is 1. The summed E-state index contributed by atoms with van der Waals surface area (Å²) < 4.78 is 1.82. The van der Waals surface area contributed by atoms with E-state index in [0.29, 0.717) is 5.92 Å². The molecule has 0 bridgehead atoms. The summed E-state index contributed by atoms with van der Waals surface area (Å²) in [6.45, 7) is 3.44. The lowest BCUT2D eigenvalue weighted by Crippen LogP contribution is -2.43. The highest BCUT2D eigenvalue weighted by atomic mass is 16.4. The van der Waals surface area contributed by atoms with E-state index in [1.54, 1.807) is 6.92 Å². The van der Waals surface area contributed by atoms with Crippen LogP contribution in [0.25, 0.3) is 0 Å². The monoisotopic (exact) mass is 237 g/mol. The Morgan fingerprint density at radius 3 is 2.65 bits per heavy atom. The normalized spacial score (nSPS) is 20.4. The van der Waals surface area contributed by atoms with Gasteiger partial charge in [-0.2, -0.15) is 5.10 Å². The average Bonchev–Trinajstić information content (AvgIpc) is 2.75. The van der Waals surface area contributed by atoms with Gasteiger partial charge in [0.1, 0.15) is 6.04 Å². The van der Waals surface area contributed by atoms with Crippen molar-refractivity contribution in [2.75, 3.05) is 13.1 Å². The standard InChI is InChI=1S/C12H19N3O2/c1-9(12(16)17)15-7-3-10(4-8-15)11-5-6-14(2)13-11/h5-6,9-10H,3-4,7-8H2,1-2H3,(H,16,17). The SMILES string of the molecule is CC(C(=O)O)N1CCC(c2ccn(C)n2)CC1. The number of aliphatic carboxylic acids is 1. The van der Waals surface area contributed by atoms with Crippen molar-refractivity contribution < 1.29 is 9.90 Å². The van der Waals surface area contributed by atoms with Gasteiger partial charge in [-0.3, -0.25) is 14.4 Å². The Morgan fingerprint density at radius 1 is 1.53 bits per heavy atom. The van der Waals surface area contributed by atoms with Crippen molar-refractivity contribution in [3.8, 4) is 0 Å². The third kappa shape index (κ3) is 2.66. The molecular formula is C12H19N3O2. The molecule has 0 aromatic carbocycles. The van der Waals surface area contributed by atoms with E-state index in [-0.39, 0.29) is 6.04 Å². The molecule has 1 aliphatic rings. The summed E-state index contributed by atoms with van der Waals surface area (Å²) >= 11 is 0. The number of carboxylic acids is 1. The molecule has 1 saturated heterocycles. The van der Waals surface area contributed by atoms with Crippen LogP contribution in [0.1, 0.15) is 31.4 Å². The first-order valence-electron chi connectivity index (χ1n) is 6.04. The van der Waals surface area contributed by atoms with Gasteiger partial charge in [-0.25, -0.2) is 0 Å². The van der Waals surface area contributed by atoms with Gasteiger partial charge in [-0.15, -0.1) is 0 Å². The molecule has 1 aliphatic heterocycles. The van der Waals surface area contributed by atoms with Gasteiger partial charge in [0, 0.05) is 19.2 Å². The van der Waals surface area contributed by atoms with Crippen LogP contribution in [0.3, 0.4) is 0 Å². The minimum absolute atomic E-state index is 0.375. The third-order valence-electron chi connectivity index (χ3n) is 3.59. The molecule has 5 nitrogen and oxygen atoms in total. The number of hydrogen-bond acceptors (Lipinski definition) is 3. The third-order valence-corrected chi connectivity index (χ3v) is 3.59. The van der Waals surface area contributed by atoms with Crippen LogP contribution >= 0.6 is 0 Å². The van der Waals surface area contributed by atoms with E-state index in [2.05, 4.69) is 11.2 Å². The van der Waals surface area contributed by atoms with Gasteiger partial charge >= 0.3 is 5.97 Å². The van der Waals surface area contributed by atoms with Crippen LogP contribution in [0.4, 0.5) is 0 Å². The molecular weight excluding hydrogens is 218 g/mol. The van der Waals surface area contributed by atoms with Crippen LogP contribution in [0.15, 0.2) is 12.3 Å². The second-order valence-electron chi connectivity index (χ2n) is 4.74. The van der Waals surface area contributed by atoms with Gasteiger partial charge in [0.25, 0.3) is 0 Å². The van der Waals surface area contributed by atoms with Crippen molar-refractivity contribution in [2.24, 2.45) is 7.05 Å². The van der Waals surface area contributed by atoms with Crippen LogP contribution in [0.2, 0.25) is 0 Å². The van der Waals surface area contributed by atoms with Crippen molar-refractivity contribution >= 4 is 5.97 Å². The van der Waals surface area contributed by atoms with Crippen molar-refractivity contribution in [3.05, 3.63) is 18.0 Å². The molecule has 1 fully saturated rings. The number of carbonyl (C=O) groups is 1. The number of aromatic nitrogens is 2.